The van der Waals surface area contributed by atoms with E-state index in [2.05, 4.69) is 34.9 Å². The standard InChI is InChI=1S/C28H34N2O5/c1-19(12-13-25(31)32)14-17-29-26(33)28(15-6-7-16-28)30-27(34)35-18-24-22-10-4-2-8-20(22)21-9-3-5-11-23(21)24/h2-5,8-11,19,24H,6-7,12-18H2,1H3,(H,29,33)(H,30,34)(H,31,32). The van der Waals surface area contributed by atoms with Gasteiger partial charge in [-0.3, -0.25) is 9.59 Å². The molecule has 0 aliphatic heterocycles. The highest BCUT2D eigenvalue weighted by molar-refractivity contribution is 5.90. The summed E-state index contributed by atoms with van der Waals surface area (Å²) in [4.78, 5) is 36.7. The van der Waals surface area contributed by atoms with E-state index in [-0.39, 0.29) is 30.8 Å². The molecule has 2 aromatic carbocycles. The van der Waals surface area contributed by atoms with Crippen LogP contribution in [-0.2, 0) is 14.3 Å². The number of carboxylic acid groups (broad SMARTS) is 1. The second-order valence-electron chi connectivity index (χ2n) is 9.82. The van der Waals surface area contributed by atoms with E-state index in [1.54, 1.807) is 0 Å². The minimum atomic E-state index is -0.952. The van der Waals surface area contributed by atoms with Crippen LogP contribution in [0, 0.1) is 5.92 Å². The van der Waals surface area contributed by atoms with E-state index in [0.717, 1.165) is 24.0 Å². The Bertz CT molecular complexity index is 1030. The van der Waals surface area contributed by atoms with E-state index < -0.39 is 17.6 Å². The first-order valence-electron chi connectivity index (χ1n) is 12.5. The lowest BCUT2D eigenvalue weighted by Crippen LogP contribution is -2.57. The molecule has 35 heavy (non-hydrogen) atoms. The van der Waals surface area contributed by atoms with Crippen LogP contribution in [0.4, 0.5) is 4.79 Å². The Balaban J connectivity index is 1.33. The molecule has 2 aliphatic rings. The van der Waals surface area contributed by atoms with E-state index in [0.29, 0.717) is 32.2 Å². The monoisotopic (exact) mass is 478 g/mol. The van der Waals surface area contributed by atoms with Gasteiger partial charge in [-0.15, -0.1) is 0 Å². The minimum absolute atomic E-state index is 0.0335. The van der Waals surface area contributed by atoms with Crippen molar-refractivity contribution < 1.29 is 24.2 Å². The first kappa shape index (κ1) is 24.8. The Hall–Kier alpha value is -3.35. The molecular formula is C28H34N2O5. The first-order valence-corrected chi connectivity index (χ1v) is 12.5. The number of benzene rings is 2. The van der Waals surface area contributed by atoms with Gasteiger partial charge in [-0.1, -0.05) is 68.3 Å². The fraction of sp³-hybridized carbons (Fsp3) is 0.464. The zero-order valence-electron chi connectivity index (χ0n) is 20.2. The number of carbonyl (C=O) groups excluding carboxylic acids is 2. The molecule has 2 aliphatic carbocycles. The highest BCUT2D eigenvalue weighted by Crippen LogP contribution is 2.44. The number of fused-ring (bicyclic) bond motifs is 3. The Morgan fingerprint density at radius 2 is 1.60 bits per heavy atom. The SMILES string of the molecule is CC(CCNC(=O)C1(NC(=O)OCC2c3ccccc3-c3ccccc32)CCCC1)CCC(=O)O. The molecule has 0 heterocycles. The highest BCUT2D eigenvalue weighted by Gasteiger charge is 2.43. The van der Waals surface area contributed by atoms with Gasteiger partial charge in [0.25, 0.3) is 0 Å². The van der Waals surface area contributed by atoms with Crippen molar-refractivity contribution in [3.8, 4) is 11.1 Å². The largest absolute Gasteiger partial charge is 0.481 e. The molecule has 7 nitrogen and oxygen atoms in total. The van der Waals surface area contributed by atoms with Gasteiger partial charge in [0.15, 0.2) is 0 Å². The number of hydrogen-bond acceptors (Lipinski definition) is 4. The van der Waals surface area contributed by atoms with Crippen LogP contribution in [0.5, 0.6) is 0 Å². The summed E-state index contributed by atoms with van der Waals surface area (Å²) in [5.74, 6) is -0.832. The quantitative estimate of drug-likeness (QED) is 0.453. The third-order valence-electron chi connectivity index (χ3n) is 7.35. The Morgan fingerprint density at radius 3 is 2.20 bits per heavy atom. The number of carboxylic acids is 1. The summed E-state index contributed by atoms with van der Waals surface area (Å²) in [6, 6.07) is 16.4. The summed E-state index contributed by atoms with van der Waals surface area (Å²) >= 11 is 0. The van der Waals surface area contributed by atoms with Crippen molar-refractivity contribution >= 4 is 18.0 Å². The van der Waals surface area contributed by atoms with Crippen molar-refractivity contribution in [3.63, 3.8) is 0 Å². The van der Waals surface area contributed by atoms with Gasteiger partial charge in [-0.05, 0) is 53.9 Å². The highest BCUT2D eigenvalue weighted by atomic mass is 16.5. The van der Waals surface area contributed by atoms with Crippen LogP contribution in [0.3, 0.4) is 0 Å². The Morgan fingerprint density at radius 1 is 1.00 bits per heavy atom. The summed E-state index contributed by atoms with van der Waals surface area (Å²) in [6.07, 6.45) is 3.73. The number of hydrogen-bond donors (Lipinski definition) is 3. The van der Waals surface area contributed by atoms with Gasteiger partial charge in [0.2, 0.25) is 5.91 Å². The second-order valence-corrected chi connectivity index (χ2v) is 9.82. The van der Waals surface area contributed by atoms with Gasteiger partial charge in [0.1, 0.15) is 12.1 Å². The predicted molar refractivity (Wildman–Crippen MR) is 133 cm³/mol. The van der Waals surface area contributed by atoms with Crippen LogP contribution < -0.4 is 10.6 Å². The molecule has 186 valence electrons. The third-order valence-corrected chi connectivity index (χ3v) is 7.35. The van der Waals surface area contributed by atoms with E-state index in [4.69, 9.17) is 9.84 Å². The number of amides is 2. The number of carbonyl (C=O) groups is 3. The molecule has 4 rings (SSSR count). The number of aliphatic carboxylic acids is 1. The van der Waals surface area contributed by atoms with Crippen molar-refractivity contribution in [2.45, 2.75) is 63.3 Å². The molecule has 0 saturated heterocycles. The molecule has 3 N–H and O–H groups in total. The van der Waals surface area contributed by atoms with Gasteiger partial charge in [0.05, 0.1) is 0 Å². The van der Waals surface area contributed by atoms with Crippen LogP contribution in [-0.4, -0.2) is 41.8 Å². The zero-order valence-corrected chi connectivity index (χ0v) is 20.2. The normalized spacial score (nSPS) is 16.7. The lowest BCUT2D eigenvalue weighted by molar-refractivity contribution is -0.137. The summed E-state index contributed by atoms with van der Waals surface area (Å²) in [6.45, 7) is 2.64. The Kier molecular flexibility index (Phi) is 7.73. The van der Waals surface area contributed by atoms with Gasteiger partial charge in [-0.25, -0.2) is 4.79 Å². The molecule has 0 radical (unpaired) electrons. The maximum Gasteiger partial charge on any atom is 0.408 e. The number of nitrogens with one attached hydrogen (secondary N) is 2. The summed E-state index contributed by atoms with van der Waals surface area (Å²) in [7, 11) is 0. The topological polar surface area (TPSA) is 105 Å². The molecule has 1 fully saturated rings. The smallest absolute Gasteiger partial charge is 0.408 e. The fourth-order valence-electron chi connectivity index (χ4n) is 5.33. The van der Waals surface area contributed by atoms with Crippen molar-refractivity contribution in [2.24, 2.45) is 5.92 Å². The fourth-order valence-corrected chi connectivity index (χ4v) is 5.33. The Labute approximate surface area is 206 Å². The lowest BCUT2D eigenvalue weighted by Gasteiger charge is -2.29. The van der Waals surface area contributed by atoms with Crippen LogP contribution in [0.25, 0.3) is 11.1 Å². The van der Waals surface area contributed by atoms with Crippen molar-refractivity contribution in [3.05, 3.63) is 59.7 Å². The average Bonchev–Trinajstić information content (AvgIpc) is 3.45. The number of alkyl carbamates (subject to hydrolysis) is 1. The van der Waals surface area contributed by atoms with E-state index >= 15 is 0 Å². The number of rotatable bonds is 10. The maximum absolute atomic E-state index is 13.1. The molecule has 2 aromatic rings. The third kappa shape index (κ3) is 5.66. The van der Waals surface area contributed by atoms with Gasteiger partial charge >= 0.3 is 12.1 Å². The van der Waals surface area contributed by atoms with Crippen molar-refractivity contribution in [2.75, 3.05) is 13.2 Å². The van der Waals surface area contributed by atoms with Crippen LogP contribution in [0.2, 0.25) is 0 Å². The molecule has 0 aromatic heterocycles. The van der Waals surface area contributed by atoms with Crippen LogP contribution in [0.1, 0.15) is 68.9 Å². The molecule has 0 spiro atoms. The average molecular weight is 479 g/mol. The van der Waals surface area contributed by atoms with E-state index in [1.807, 2.05) is 31.2 Å². The first-order chi connectivity index (χ1) is 16.9. The van der Waals surface area contributed by atoms with Crippen LogP contribution >= 0.6 is 0 Å². The molecular weight excluding hydrogens is 444 g/mol. The van der Waals surface area contributed by atoms with Gasteiger partial charge in [-0.2, -0.15) is 0 Å². The van der Waals surface area contributed by atoms with Gasteiger partial charge in [0, 0.05) is 18.9 Å². The molecule has 7 heteroatoms. The zero-order chi connectivity index (χ0) is 24.8. The summed E-state index contributed by atoms with van der Waals surface area (Å²) < 4.78 is 5.69. The lowest BCUT2D eigenvalue weighted by atomic mass is 9.96. The molecule has 0 bridgehead atoms. The second kappa shape index (κ2) is 10.9. The number of ether oxygens (including phenoxy) is 1. The summed E-state index contributed by atoms with van der Waals surface area (Å²) in [5.41, 5.74) is 3.67. The van der Waals surface area contributed by atoms with Gasteiger partial charge < -0.3 is 20.5 Å². The van der Waals surface area contributed by atoms with Crippen molar-refractivity contribution in [1.82, 2.24) is 10.6 Å². The van der Waals surface area contributed by atoms with E-state index in [9.17, 15) is 14.4 Å². The predicted octanol–water partition coefficient (Wildman–Crippen LogP) is 4.85. The summed E-state index contributed by atoms with van der Waals surface area (Å²) in [5, 5.41) is 14.7. The van der Waals surface area contributed by atoms with E-state index in [1.165, 1.54) is 11.1 Å². The molecule has 1 atom stereocenters. The molecule has 1 unspecified atom stereocenters. The van der Waals surface area contributed by atoms with Crippen molar-refractivity contribution in [1.29, 1.82) is 0 Å². The minimum Gasteiger partial charge on any atom is -0.481 e. The maximum atomic E-state index is 13.1. The molecule has 2 amide bonds. The molecule has 1 saturated carbocycles. The van der Waals surface area contributed by atoms with Crippen LogP contribution in [0.15, 0.2) is 48.5 Å².